The zero-order chi connectivity index (χ0) is 40.2. The fourth-order valence-corrected chi connectivity index (χ4v) is 7.45. The van der Waals surface area contributed by atoms with E-state index in [2.05, 4.69) is 16.0 Å². The summed E-state index contributed by atoms with van der Waals surface area (Å²) in [5, 5.41) is 18.4. The first kappa shape index (κ1) is 45.5. The summed E-state index contributed by atoms with van der Waals surface area (Å²) in [6, 6.07) is 2.02. The number of hydrogen-bond donors (Lipinski definition) is 4. The standard InChI is InChI=1S/C39H64FN5O8/c1-12-24(6)34(44(9)38(49)33(23(4)5)43-37(48)32(41-8)22(2)3)30(52-10)21-31(46)45-18-14-17-29(45)35(53-11)25(7)36(47)42-28(39(50)51)20-26-15-13-16-27(40)19-26/h13,15-16,19,22-25,28-30,32-35,41H,12,14,17-18,20-21H2,1-11H3,(H,42,47)(H,43,48)(H,50,51)/t24-,25+,28?,29-,30+,32-,33-,34?,35+/m0/s1. The molecule has 1 saturated heterocycles. The molecular formula is C39H64FN5O8. The van der Waals surface area contributed by atoms with E-state index < -0.39 is 66.0 Å². The molecule has 2 unspecified atom stereocenters. The summed E-state index contributed by atoms with van der Waals surface area (Å²) in [4.78, 5) is 70.2. The summed E-state index contributed by atoms with van der Waals surface area (Å²) < 4.78 is 25.5. The van der Waals surface area contributed by atoms with Gasteiger partial charge in [-0.2, -0.15) is 0 Å². The zero-order valence-corrected chi connectivity index (χ0v) is 33.5. The molecule has 13 nitrogen and oxygen atoms in total. The van der Waals surface area contributed by atoms with Gasteiger partial charge in [0.25, 0.3) is 0 Å². The van der Waals surface area contributed by atoms with E-state index in [4.69, 9.17) is 9.47 Å². The van der Waals surface area contributed by atoms with Crippen LogP contribution in [0.2, 0.25) is 0 Å². The summed E-state index contributed by atoms with van der Waals surface area (Å²) in [6.45, 7) is 13.7. The third kappa shape index (κ3) is 12.2. The predicted molar refractivity (Wildman–Crippen MR) is 200 cm³/mol. The summed E-state index contributed by atoms with van der Waals surface area (Å²) in [5.41, 5.74) is 0.426. The maximum absolute atomic E-state index is 14.1. The Labute approximate surface area is 315 Å². The van der Waals surface area contributed by atoms with Crippen molar-refractivity contribution in [2.45, 2.75) is 123 Å². The van der Waals surface area contributed by atoms with Gasteiger partial charge in [0.05, 0.1) is 42.7 Å². The molecule has 300 valence electrons. The molecule has 4 amide bonds. The lowest BCUT2D eigenvalue weighted by molar-refractivity contribution is -0.148. The van der Waals surface area contributed by atoms with Gasteiger partial charge < -0.3 is 40.3 Å². The monoisotopic (exact) mass is 749 g/mol. The van der Waals surface area contributed by atoms with Crippen LogP contribution in [-0.4, -0.2) is 122 Å². The van der Waals surface area contributed by atoms with Crippen molar-refractivity contribution in [3.63, 3.8) is 0 Å². The van der Waals surface area contributed by atoms with Crippen LogP contribution in [0.25, 0.3) is 0 Å². The maximum atomic E-state index is 14.1. The highest BCUT2D eigenvalue weighted by atomic mass is 19.1. The molecule has 9 atom stereocenters. The number of hydrogen-bond acceptors (Lipinski definition) is 8. The average molecular weight is 750 g/mol. The number of nitrogens with zero attached hydrogens (tertiary/aromatic N) is 2. The predicted octanol–water partition coefficient (Wildman–Crippen LogP) is 3.24. The number of carbonyl (C=O) groups is 5. The van der Waals surface area contributed by atoms with E-state index >= 15 is 0 Å². The normalized spacial score (nSPS) is 19.1. The minimum Gasteiger partial charge on any atom is -0.480 e. The second kappa shape index (κ2) is 21.3. The van der Waals surface area contributed by atoms with Crippen molar-refractivity contribution in [1.82, 2.24) is 25.8 Å². The van der Waals surface area contributed by atoms with Gasteiger partial charge in [-0.05, 0) is 55.3 Å². The van der Waals surface area contributed by atoms with Gasteiger partial charge in [-0.15, -0.1) is 0 Å². The molecule has 0 bridgehead atoms. The Morgan fingerprint density at radius 2 is 1.62 bits per heavy atom. The molecule has 0 saturated carbocycles. The van der Waals surface area contributed by atoms with Crippen LogP contribution in [0.1, 0.15) is 79.7 Å². The number of halogens is 1. The van der Waals surface area contributed by atoms with E-state index in [9.17, 15) is 33.5 Å². The Bertz CT molecular complexity index is 1380. The second-order valence-corrected chi connectivity index (χ2v) is 15.1. The molecule has 1 heterocycles. The van der Waals surface area contributed by atoms with Crippen LogP contribution < -0.4 is 16.0 Å². The van der Waals surface area contributed by atoms with E-state index in [0.717, 1.165) is 0 Å². The van der Waals surface area contributed by atoms with Crippen LogP contribution in [0.3, 0.4) is 0 Å². The molecule has 1 aromatic rings. The molecule has 1 aliphatic rings. The van der Waals surface area contributed by atoms with Crippen LogP contribution in [0.4, 0.5) is 4.39 Å². The molecule has 53 heavy (non-hydrogen) atoms. The number of benzene rings is 1. The number of nitrogens with one attached hydrogen (secondary N) is 3. The first-order chi connectivity index (χ1) is 24.9. The number of aliphatic carboxylic acids is 1. The molecule has 1 aromatic carbocycles. The number of carboxylic acid groups (broad SMARTS) is 1. The molecule has 4 N–H and O–H groups in total. The van der Waals surface area contributed by atoms with Gasteiger partial charge in [0.1, 0.15) is 17.9 Å². The molecule has 1 fully saturated rings. The van der Waals surface area contributed by atoms with E-state index in [0.29, 0.717) is 31.4 Å². The van der Waals surface area contributed by atoms with Crippen LogP contribution in [0.15, 0.2) is 24.3 Å². The number of amides is 4. The van der Waals surface area contributed by atoms with Crippen molar-refractivity contribution in [2.75, 3.05) is 34.9 Å². The molecule has 0 spiro atoms. The number of methoxy groups -OCH3 is 2. The Kier molecular flexibility index (Phi) is 18.3. The Hall–Kier alpha value is -3.62. The number of likely N-dealkylation sites (N-methyl/N-ethyl adjacent to an activating group) is 2. The van der Waals surface area contributed by atoms with Gasteiger partial charge >= 0.3 is 5.97 Å². The summed E-state index contributed by atoms with van der Waals surface area (Å²) in [7, 11) is 6.37. The van der Waals surface area contributed by atoms with E-state index in [1.54, 1.807) is 36.9 Å². The Morgan fingerprint density at radius 3 is 2.13 bits per heavy atom. The SMILES string of the molecule is CC[C@H](C)C([C@@H](CC(=O)N1CCC[C@H]1[C@H](OC)[C@@H](C)C(=O)NC(Cc1cccc(F)c1)C(=O)O)OC)N(C)C(=O)[C@@H](NC(=O)[C@@H](NC)C(C)C)C(C)C. The van der Waals surface area contributed by atoms with Gasteiger partial charge in [-0.1, -0.05) is 67.0 Å². The van der Waals surface area contributed by atoms with Crippen molar-refractivity contribution in [3.8, 4) is 0 Å². The molecule has 0 aliphatic carbocycles. The molecule has 2 rings (SSSR count). The number of rotatable bonds is 21. The number of carboxylic acids is 1. The van der Waals surface area contributed by atoms with E-state index in [1.807, 2.05) is 41.5 Å². The third-order valence-electron chi connectivity index (χ3n) is 10.7. The quantitative estimate of drug-likeness (QED) is 0.148. The summed E-state index contributed by atoms with van der Waals surface area (Å²) >= 11 is 0. The van der Waals surface area contributed by atoms with Crippen LogP contribution in [-0.2, 0) is 39.9 Å². The Balaban J connectivity index is 2.27. The number of likely N-dealkylation sites (tertiary alicyclic amines) is 1. The highest BCUT2D eigenvalue weighted by Crippen LogP contribution is 2.30. The average Bonchev–Trinajstić information content (AvgIpc) is 3.59. The lowest BCUT2D eigenvalue weighted by Crippen LogP contribution is -2.59. The van der Waals surface area contributed by atoms with Crippen molar-refractivity contribution in [1.29, 1.82) is 0 Å². The summed E-state index contributed by atoms with van der Waals surface area (Å²) in [5.74, 6) is -4.18. The highest BCUT2D eigenvalue weighted by Gasteiger charge is 2.43. The fourth-order valence-electron chi connectivity index (χ4n) is 7.45. The molecule has 14 heteroatoms. The van der Waals surface area contributed by atoms with Gasteiger partial charge in [0.15, 0.2) is 0 Å². The van der Waals surface area contributed by atoms with Gasteiger partial charge in [-0.3, -0.25) is 19.2 Å². The molecule has 0 aromatic heterocycles. The van der Waals surface area contributed by atoms with Gasteiger partial charge in [-0.25, -0.2) is 9.18 Å². The summed E-state index contributed by atoms with van der Waals surface area (Å²) in [6.07, 6.45) is 0.360. The third-order valence-corrected chi connectivity index (χ3v) is 10.7. The Morgan fingerprint density at radius 1 is 0.981 bits per heavy atom. The number of ether oxygens (including phenoxy) is 2. The maximum Gasteiger partial charge on any atom is 0.326 e. The minimum absolute atomic E-state index is 0.00955. The minimum atomic E-state index is -1.30. The first-order valence-corrected chi connectivity index (χ1v) is 18.8. The van der Waals surface area contributed by atoms with Crippen LogP contribution >= 0.6 is 0 Å². The van der Waals surface area contributed by atoms with Gasteiger partial charge in [0, 0.05) is 34.2 Å². The topological polar surface area (TPSA) is 167 Å². The van der Waals surface area contributed by atoms with E-state index in [1.165, 1.54) is 32.4 Å². The smallest absolute Gasteiger partial charge is 0.326 e. The second-order valence-electron chi connectivity index (χ2n) is 15.1. The zero-order valence-electron chi connectivity index (χ0n) is 33.5. The van der Waals surface area contributed by atoms with Crippen LogP contribution in [0, 0.1) is 29.5 Å². The number of carbonyl (C=O) groups excluding carboxylic acids is 4. The largest absolute Gasteiger partial charge is 0.480 e. The molecule has 1 aliphatic heterocycles. The van der Waals surface area contributed by atoms with Crippen LogP contribution in [0.5, 0.6) is 0 Å². The van der Waals surface area contributed by atoms with E-state index in [-0.39, 0.29) is 48.3 Å². The lowest BCUT2D eigenvalue weighted by Gasteiger charge is -2.41. The molecular weight excluding hydrogens is 685 g/mol. The highest BCUT2D eigenvalue weighted by molar-refractivity contribution is 5.90. The van der Waals surface area contributed by atoms with Crippen molar-refractivity contribution in [3.05, 3.63) is 35.6 Å². The van der Waals surface area contributed by atoms with Crippen molar-refractivity contribution in [2.24, 2.45) is 23.7 Å². The molecule has 0 radical (unpaired) electrons. The van der Waals surface area contributed by atoms with Crippen molar-refractivity contribution >= 4 is 29.6 Å². The lowest BCUT2D eigenvalue weighted by atomic mass is 9.89. The fraction of sp³-hybridized carbons (Fsp3) is 0.718. The van der Waals surface area contributed by atoms with Crippen molar-refractivity contribution < 1.29 is 42.9 Å². The van der Waals surface area contributed by atoms with Gasteiger partial charge in [0.2, 0.25) is 23.6 Å². The first-order valence-electron chi connectivity index (χ1n) is 18.8.